The summed E-state index contributed by atoms with van der Waals surface area (Å²) >= 11 is 0. The van der Waals surface area contributed by atoms with Gasteiger partial charge < -0.3 is 9.64 Å². The second-order valence-corrected chi connectivity index (χ2v) is 3.84. The summed E-state index contributed by atoms with van der Waals surface area (Å²) in [5.41, 5.74) is 1.66. The van der Waals surface area contributed by atoms with Gasteiger partial charge in [-0.25, -0.2) is 0 Å². The van der Waals surface area contributed by atoms with Crippen LogP contribution in [0.1, 0.15) is 30.6 Å². The van der Waals surface area contributed by atoms with Gasteiger partial charge in [0.2, 0.25) is 0 Å². The van der Waals surface area contributed by atoms with Crippen LogP contribution in [-0.2, 0) is 9.53 Å². The minimum absolute atomic E-state index is 0.180. The maximum atomic E-state index is 11.3. The molecule has 18 heavy (non-hydrogen) atoms. The van der Waals surface area contributed by atoms with Gasteiger partial charge in [-0.2, -0.15) is 0 Å². The van der Waals surface area contributed by atoms with E-state index < -0.39 is 0 Å². The second kappa shape index (κ2) is 7.48. The third-order valence-corrected chi connectivity index (χ3v) is 2.67. The zero-order valence-electron chi connectivity index (χ0n) is 10.9. The van der Waals surface area contributed by atoms with Crippen molar-refractivity contribution in [2.75, 3.05) is 24.6 Å². The average Bonchev–Trinajstić information content (AvgIpc) is 2.40. The Bertz CT molecular complexity index is 387. The standard InChI is InChI=1S/C14H19NO3/c1-3-15(10-9-14(17)18-4-2)13-7-5-12(11-16)6-8-13/h5-8,11H,3-4,9-10H2,1-2H3. The summed E-state index contributed by atoms with van der Waals surface area (Å²) in [6.07, 6.45) is 1.19. The molecular formula is C14H19NO3. The third kappa shape index (κ3) is 4.20. The molecule has 0 radical (unpaired) electrons. The number of ether oxygens (including phenoxy) is 1. The van der Waals surface area contributed by atoms with E-state index in [0.717, 1.165) is 18.5 Å². The van der Waals surface area contributed by atoms with E-state index in [1.54, 1.807) is 19.1 Å². The predicted molar refractivity (Wildman–Crippen MR) is 71.0 cm³/mol. The van der Waals surface area contributed by atoms with Gasteiger partial charge in [-0.3, -0.25) is 9.59 Å². The van der Waals surface area contributed by atoms with Crippen molar-refractivity contribution in [2.45, 2.75) is 20.3 Å². The second-order valence-electron chi connectivity index (χ2n) is 3.84. The van der Waals surface area contributed by atoms with Crippen LogP contribution in [0.4, 0.5) is 5.69 Å². The molecule has 0 aromatic heterocycles. The van der Waals surface area contributed by atoms with Crippen LogP contribution in [0.15, 0.2) is 24.3 Å². The number of nitrogens with zero attached hydrogens (tertiary/aromatic N) is 1. The molecular weight excluding hydrogens is 230 g/mol. The first-order valence-corrected chi connectivity index (χ1v) is 6.17. The highest BCUT2D eigenvalue weighted by Crippen LogP contribution is 2.14. The summed E-state index contributed by atoms with van der Waals surface area (Å²) < 4.78 is 4.90. The molecule has 0 aliphatic heterocycles. The maximum absolute atomic E-state index is 11.3. The van der Waals surface area contributed by atoms with Crippen molar-refractivity contribution in [3.63, 3.8) is 0 Å². The van der Waals surface area contributed by atoms with Crippen LogP contribution >= 0.6 is 0 Å². The minimum Gasteiger partial charge on any atom is -0.466 e. The van der Waals surface area contributed by atoms with Crippen molar-refractivity contribution in [3.8, 4) is 0 Å². The van der Waals surface area contributed by atoms with E-state index >= 15 is 0 Å². The van der Waals surface area contributed by atoms with E-state index in [0.29, 0.717) is 25.1 Å². The molecule has 0 amide bonds. The van der Waals surface area contributed by atoms with E-state index in [1.807, 2.05) is 19.1 Å². The predicted octanol–water partition coefficient (Wildman–Crippen LogP) is 2.28. The van der Waals surface area contributed by atoms with Crippen LogP contribution in [-0.4, -0.2) is 32.0 Å². The molecule has 0 aliphatic carbocycles. The Hall–Kier alpha value is -1.84. The third-order valence-electron chi connectivity index (χ3n) is 2.67. The molecule has 0 unspecified atom stereocenters. The van der Waals surface area contributed by atoms with E-state index in [9.17, 15) is 9.59 Å². The Morgan fingerprint density at radius 1 is 1.28 bits per heavy atom. The molecule has 0 aliphatic rings. The Kier molecular flexibility index (Phi) is 5.91. The number of anilines is 1. The van der Waals surface area contributed by atoms with Gasteiger partial charge in [-0.1, -0.05) is 0 Å². The summed E-state index contributed by atoms with van der Waals surface area (Å²) in [7, 11) is 0. The van der Waals surface area contributed by atoms with Gasteiger partial charge in [0.15, 0.2) is 0 Å². The fourth-order valence-corrected chi connectivity index (χ4v) is 1.69. The van der Waals surface area contributed by atoms with Crippen molar-refractivity contribution in [1.82, 2.24) is 0 Å². The van der Waals surface area contributed by atoms with Crippen LogP contribution in [0, 0.1) is 0 Å². The molecule has 4 heteroatoms. The van der Waals surface area contributed by atoms with Gasteiger partial charge >= 0.3 is 5.97 Å². The van der Waals surface area contributed by atoms with E-state index in [-0.39, 0.29) is 5.97 Å². The fraction of sp³-hybridized carbons (Fsp3) is 0.429. The largest absolute Gasteiger partial charge is 0.466 e. The lowest BCUT2D eigenvalue weighted by Crippen LogP contribution is -2.26. The zero-order valence-corrected chi connectivity index (χ0v) is 10.9. The summed E-state index contributed by atoms with van der Waals surface area (Å²) in [5.74, 6) is -0.180. The first kappa shape index (κ1) is 14.2. The lowest BCUT2D eigenvalue weighted by molar-refractivity contribution is -0.142. The van der Waals surface area contributed by atoms with E-state index in [1.165, 1.54) is 0 Å². The van der Waals surface area contributed by atoms with Crippen molar-refractivity contribution in [2.24, 2.45) is 0 Å². The molecule has 0 bridgehead atoms. The SMILES string of the molecule is CCOC(=O)CCN(CC)c1ccc(C=O)cc1. The van der Waals surface area contributed by atoms with Crippen molar-refractivity contribution in [1.29, 1.82) is 0 Å². The molecule has 0 saturated heterocycles. The number of benzene rings is 1. The average molecular weight is 249 g/mol. The number of aldehydes is 1. The van der Waals surface area contributed by atoms with Crippen LogP contribution in [0.5, 0.6) is 0 Å². The molecule has 1 aromatic rings. The van der Waals surface area contributed by atoms with Crippen LogP contribution in [0.3, 0.4) is 0 Å². The van der Waals surface area contributed by atoms with Crippen LogP contribution < -0.4 is 4.90 Å². The first-order valence-electron chi connectivity index (χ1n) is 6.17. The van der Waals surface area contributed by atoms with Gasteiger partial charge in [0.05, 0.1) is 13.0 Å². The molecule has 0 spiro atoms. The van der Waals surface area contributed by atoms with Gasteiger partial charge in [-0.15, -0.1) is 0 Å². The number of carbonyl (C=O) groups excluding carboxylic acids is 2. The Balaban J connectivity index is 2.59. The van der Waals surface area contributed by atoms with Gasteiger partial charge in [0, 0.05) is 24.3 Å². The highest BCUT2D eigenvalue weighted by atomic mass is 16.5. The fourth-order valence-electron chi connectivity index (χ4n) is 1.69. The van der Waals surface area contributed by atoms with Gasteiger partial charge in [0.25, 0.3) is 0 Å². The van der Waals surface area contributed by atoms with Crippen LogP contribution in [0.2, 0.25) is 0 Å². The Morgan fingerprint density at radius 2 is 1.94 bits per heavy atom. The highest BCUT2D eigenvalue weighted by molar-refractivity contribution is 5.76. The molecule has 1 aromatic carbocycles. The zero-order chi connectivity index (χ0) is 13.4. The highest BCUT2D eigenvalue weighted by Gasteiger charge is 2.08. The number of hydrogen-bond donors (Lipinski definition) is 0. The number of hydrogen-bond acceptors (Lipinski definition) is 4. The Labute approximate surface area is 108 Å². The summed E-state index contributed by atoms with van der Waals surface area (Å²) in [6.45, 7) is 5.67. The molecule has 0 heterocycles. The lowest BCUT2D eigenvalue weighted by atomic mass is 10.2. The van der Waals surface area contributed by atoms with E-state index in [4.69, 9.17) is 4.74 Å². The molecule has 4 nitrogen and oxygen atoms in total. The molecule has 1 rings (SSSR count). The normalized spacial score (nSPS) is 9.89. The number of rotatable bonds is 7. The summed E-state index contributed by atoms with van der Waals surface area (Å²) in [4.78, 5) is 23.9. The number of carbonyl (C=O) groups is 2. The van der Waals surface area contributed by atoms with Gasteiger partial charge in [-0.05, 0) is 38.1 Å². The topological polar surface area (TPSA) is 46.6 Å². The lowest BCUT2D eigenvalue weighted by Gasteiger charge is -2.22. The maximum Gasteiger partial charge on any atom is 0.307 e. The van der Waals surface area contributed by atoms with Crippen molar-refractivity contribution in [3.05, 3.63) is 29.8 Å². The van der Waals surface area contributed by atoms with Gasteiger partial charge in [0.1, 0.15) is 6.29 Å². The van der Waals surface area contributed by atoms with Crippen LogP contribution in [0.25, 0.3) is 0 Å². The Morgan fingerprint density at radius 3 is 2.44 bits per heavy atom. The first-order chi connectivity index (χ1) is 8.71. The molecule has 0 N–H and O–H groups in total. The monoisotopic (exact) mass is 249 g/mol. The van der Waals surface area contributed by atoms with E-state index in [2.05, 4.69) is 4.90 Å². The summed E-state index contributed by atoms with van der Waals surface area (Å²) in [5, 5.41) is 0. The number of esters is 1. The van der Waals surface area contributed by atoms with Crippen molar-refractivity contribution >= 4 is 17.9 Å². The quantitative estimate of drug-likeness (QED) is 0.549. The van der Waals surface area contributed by atoms with Crippen molar-refractivity contribution < 1.29 is 14.3 Å². The smallest absolute Gasteiger partial charge is 0.307 e. The molecule has 0 atom stereocenters. The molecule has 0 fully saturated rings. The minimum atomic E-state index is -0.180. The molecule has 0 saturated carbocycles. The molecule has 98 valence electrons. The summed E-state index contributed by atoms with van der Waals surface area (Å²) in [6, 6.07) is 7.32.